The van der Waals surface area contributed by atoms with Gasteiger partial charge in [-0.3, -0.25) is 4.79 Å². The van der Waals surface area contributed by atoms with Crippen molar-refractivity contribution in [3.05, 3.63) is 59.7 Å². The van der Waals surface area contributed by atoms with E-state index in [4.69, 9.17) is 9.47 Å². The molecule has 3 aliphatic heterocycles. The maximum atomic E-state index is 13.4. The summed E-state index contributed by atoms with van der Waals surface area (Å²) in [6, 6.07) is 16.1. The van der Waals surface area contributed by atoms with Crippen molar-refractivity contribution in [1.29, 1.82) is 0 Å². The van der Waals surface area contributed by atoms with E-state index in [0.717, 1.165) is 54.7 Å². The summed E-state index contributed by atoms with van der Waals surface area (Å²) in [6.07, 6.45) is -2.03. The Morgan fingerprint density at radius 3 is 2.43 bits per heavy atom. The Morgan fingerprint density at radius 1 is 1.05 bits per heavy atom. The molecule has 8 heteroatoms. The molecule has 37 heavy (non-hydrogen) atoms. The molecule has 0 unspecified atom stereocenters. The zero-order chi connectivity index (χ0) is 25.4. The van der Waals surface area contributed by atoms with Crippen molar-refractivity contribution in [3.63, 3.8) is 0 Å². The molecule has 8 rings (SSSR count). The Morgan fingerprint density at radius 2 is 1.73 bits per heavy atom. The molecule has 0 aliphatic carbocycles. The molecular weight excluding hydrogens is 468 g/mol. The molecule has 2 aromatic heterocycles. The minimum Gasteiger partial charge on any atom is -0.387 e. The molecule has 1 fully saturated rings. The van der Waals surface area contributed by atoms with E-state index in [1.54, 1.807) is 7.11 Å². The second-order valence-electron chi connectivity index (χ2n) is 10.9. The van der Waals surface area contributed by atoms with Crippen LogP contribution in [-0.2, 0) is 21.7 Å². The van der Waals surface area contributed by atoms with Gasteiger partial charge in [-0.1, -0.05) is 36.4 Å². The van der Waals surface area contributed by atoms with Crippen LogP contribution >= 0.6 is 0 Å². The first kappa shape index (κ1) is 21.6. The summed E-state index contributed by atoms with van der Waals surface area (Å²) in [7, 11) is 5.63. The van der Waals surface area contributed by atoms with E-state index in [0.29, 0.717) is 6.54 Å². The van der Waals surface area contributed by atoms with Gasteiger partial charge >= 0.3 is 0 Å². The molecule has 5 atom stereocenters. The minimum atomic E-state index is -0.938. The van der Waals surface area contributed by atoms with Crippen molar-refractivity contribution in [3.8, 4) is 0 Å². The number of aliphatic hydroxyl groups excluding tert-OH is 1. The number of fused-ring (bicyclic) bond motifs is 13. The summed E-state index contributed by atoms with van der Waals surface area (Å²) in [5.41, 5.74) is 4.69. The third-order valence-corrected chi connectivity index (χ3v) is 8.90. The Labute approximate surface area is 212 Å². The summed E-state index contributed by atoms with van der Waals surface area (Å²) >= 11 is 0. The first-order valence-electron chi connectivity index (χ1n) is 12.7. The smallest absolute Gasteiger partial charge is 0.252 e. The van der Waals surface area contributed by atoms with Gasteiger partial charge in [-0.05, 0) is 38.7 Å². The van der Waals surface area contributed by atoms with Crippen LogP contribution in [0.1, 0.15) is 29.1 Å². The van der Waals surface area contributed by atoms with E-state index in [2.05, 4.69) is 45.6 Å². The highest BCUT2D eigenvalue weighted by atomic mass is 16.6. The maximum Gasteiger partial charge on any atom is 0.252 e. The standard InChI is InChI=1S/C29H28N4O4/c1-29-26(36-4)24(31(2)3)25(34)28(37-29)32-17-11-7-5-9-14(17)20-21-16(13-30-27(21)35)19-15-10-6-8-12-18(15)33(29)23(19)22(20)32/h5-12,24-26,28,34H,13H2,1-4H3,(H,30,35)/t24-,25-,26-,28+,29-/m0/s1. The van der Waals surface area contributed by atoms with Crippen molar-refractivity contribution < 1.29 is 19.4 Å². The second-order valence-corrected chi connectivity index (χ2v) is 10.9. The van der Waals surface area contributed by atoms with Gasteiger partial charge in [0.05, 0.1) is 33.7 Å². The molecule has 5 aromatic rings. The highest BCUT2D eigenvalue weighted by Crippen LogP contribution is 2.54. The van der Waals surface area contributed by atoms with Gasteiger partial charge in [0.2, 0.25) is 0 Å². The number of likely N-dealkylation sites (N-methyl/N-ethyl adjacent to an activating group) is 1. The fourth-order valence-corrected chi connectivity index (χ4v) is 7.57. The highest BCUT2D eigenvalue weighted by molar-refractivity contribution is 6.31. The molecule has 0 saturated carbocycles. The normalized spacial score (nSPS) is 28.6. The number of carbonyl (C=O) groups is 1. The summed E-state index contributed by atoms with van der Waals surface area (Å²) in [4.78, 5) is 15.4. The van der Waals surface area contributed by atoms with Gasteiger partial charge in [0.15, 0.2) is 12.0 Å². The summed E-state index contributed by atoms with van der Waals surface area (Å²) in [6.45, 7) is 2.55. The fraction of sp³-hybridized carbons (Fsp3) is 0.345. The number of nitrogens with zero attached hydrogens (tertiary/aromatic N) is 3. The summed E-state index contributed by atoms with van der Waals surface area (Å²) in [5.74, 6) is -0.0579. The van der Waals surface area contributed by atoms with Crippen molar-refractivity contribution in [1.82, 2.24) is 19.4 Å². The van der Waals surface area contributed by atoms with Crippen LogP contribution in [-0.4, -0.2) is 64.5 Å². The Bertz CT molecular complexity index is 1820. The lowest BCUT2D eigenvalue weighted by Gasteiger charge is -2.52. The van der Waals surface area contributed by atoms with Gasteiger partial charge in [0.25, 0.3) is 5.91 Å². The van der Waals surface area contributed by atoms with E-state index >= 15 is 0 Å². The minimum absolute atomic E-state index is 0.0579. The van der Waals surface area contributed by atoms with Crippen molar-refractivity contribution in [2.75, 3.05) is 21.2 Å². The fourth-order valence-electron chi connectivity index (χ4n) is 7.57. The topological polar surface area (TPSA) is 80.9 Å². The van der Waals surface area contributed by atoms with Crippen LogP contribution in [0.3, 0.4) is 0 Å². The van der Waals surface area contributed by atoms with Gasteiger partial charge in [-0.2, -0.15) is 0 Å². The number of benzene rings is 3. The second kappa shape index (κ2) is 6.90. The zero-order valence-electron chi connectivity index (χ0n) is 21.1. The molecule has 1 amide bonds. The van der Waals surface area contributed by atoms with Gasteiger partial charge in [-0.15, -0.1) is 0 Å². The number of amides is 1. The number of nitrogens with one attached hydrogen (secondary N) is 1. The lowest BCUT2D eigenvalue weighted by molar-refractivity contribution is -0.300. The van der Waals surface area contributed by atoms with E-state index in [-0.39, 0.29) is 11.9 Å². The molecular formula is C29H28N4O4. The van der Waals surface area contributed by atoms with E-state index in [1.807, 2.05) is 43.3 Å². The van der Waals surface area contributed by atoms with Gasteiger partial charge in [0, 0.05) is 35.2 Å². The highest BCUT2D eigenvalue weighted by Gasteiger charge is 2.57. The lowest BCUT2D eigenvalue weighted by atomic mass is 9.90. The molecule has 2 bridgehead atoms. The Balaban J connectivity index is 1.71. The van der Waals surface area contributed by atoms with Crippen molar-refractivity contribution >= 4 is 49.5 Å². The number of para-hydroxylation sites is 2. The number of hydrogen-bond acceptors (Lipinski definition) is 5. The van der Waals surface area contributed by atoms with E-state index in [9.17, 15) is 9.90 Å². The van der Waals surface area contributed by atoms with Gasteiger partial charge in [0.1, 0.15) is 12.2 Å². The number of rotatable bonds is 2. The quantitative estimate of drug-likeness (QED) is 0.390. The monoisotopic (exact) mass is 496 g/mol. The van der Waals surface area contributed by atoms with Crippen LogP contribution in [0.4, 0.5) is 0 Å². The molecule has 3 aromatic carbocycles. The van der Waals surface area contributed by atoms with Crippen molar-refractivity contribution in [2.45, 2.75) is 43.7 Å². The van der Waals surface area contributed by atoms with Crippen LogP contribution in [0.2, 0.25) is 0 Å². The number of ether oxygens (including phenoxy) is 2. The number of aliphatic hydroxyl groups is 1. The number of hydrogen-bond donors (Lipinski definition) is 2. The van der Waals surface area contributed by atoms with Crippen LogP contribution in [0.15, 0.2) is 48.5 Å². The average Bonchev–Trinajstić information content (AvgIpc) is 3.52. The summed E-state index contributed by atoms with van der Waals surface area (Å²) in [5, 5.41) is 19.0. The van der Waals surface area contributed by atoms with Crippen LogP contribution in [0.25, 0.3) is 43.6 Å². The predicted molar refractivity (Wildman–Crippen MR) is 142 cm³/mol. The zero-order valence-corrected chi connectivity index (χ0v) is 21.1. The first-order chi connectivity index (χ1) is 17.9. The summed E-state index contributed by atoms with van der Waals surface area (Å²) < 4.78 is 17.6. The largest absolute Gasteiger partial charge is 0.387 e. The molecule has 1 saturated heterocycles. The van der Waals surface area contributed by atoms with E-state index < -0.39 is 24.2 Å². The van der Waals surface area contributed by atoms with Crippen LogP contribution < -0.4 is 5.32 Å². The lowest BCUT2D eigenvalue weighted by Crippen LogP contribution is -2.65. The van der Waals surface area contributed by atoms with Crippen LogP contribution in [0.5, 0.6) is 0 Å². The SMILES string of the molecule is CO[C@H]1[C@@H](N(C)C)[C@H](O)[C@H]2O[C@]1(C)n1c3ccccc3c3c4c(c5c6ccccc6n2c5c31)C(=O)NC4. The molecule has 188 valence electrons. The Kier molecular flexibility index (Phi) is 4.04. The van der Waals surface area contributed by atoms with Gasteiger partial charge < -0.3 is 33.9 Å². The Hall–Kier alpha value is -3.43. The maximum absolute atomic E-state index is 13.4. The third-order valence-electron chi connectivity index (χ3n) is 8.90. The first-order valence-corrected chi connectivity index (χ1v) is 12.7. The molecule has 8 nitrogen and oxygen atoms in total. The third kappa shape index (κ3) is 2.32. The van der Waals surface area contributed by atoms with Crippen molar-refractivity contribution in [2.24, 2.45) is 0 Å². The molecule has 2 N–H and O–H groups in total. The number of aromatic nitrogens is 2. The molecule has 0 radical (unpaired) electrons. The molecule has 0 spiro atoms. The number of methoxy groups -OCH3 is 1. The van der Waals surface area contributed by atoms with Crippen LogP contribution in [0, 0.1) is 0 Å². The van der Waals surface area contributed by atoms with Gasteiger partial charge in [-0.25, -0.2) is 0 Å². The molecule has 3 aliphatic rings. The number of carbonyl (C=O) groups excluding carboxylic acids is 1. The molecule has 5 heterocycles. The average molecular weight is 497 g/mol. The van der Waals surface area contributed by atoms with E-state index in [1.165, 1.54) is 0 Å². The predicted octanol–water partition coefficient (Wildman–Crippen LogP) is 3.67.